The average molecular weight is 586 g/mol. The fourth-order valence-corrected chi connectivity index (χ4v) is 3.94. The number of hydrogen-bond acceptors (Lipinski definition) is 8. The molecule has 0 atom stereocenters. The SMILES string of the molecule is CC(=O)COCCOCCNC(=O)COCCOCCNC(=O)CCCCCCCCCCCCCCCN=[N+]=[N-]. The molecule has 238 valence electrons. The van der Waals surface area contributed by atoms with Gasteiger partial charge in [-0.15, -0.1) is 0 Å². The molecule has 0 fully saturated rings. The first-order valence-electron chi connectivity index (χ1n) is 15.4. The maximum Gasteiger partial charge on any atom is 0.246 e. The zero-order chi connectivity index (χ0) is 30.1. The van der Waals surface area contributed by atoms with Gasteiger partial charge in [0.25, 0.3) is 0 Å². The summed E-state index contributed by atoms with van der Waals surface area (Å²) >= 11 is 0. The Morgan fingerprint density at radius 2 is 1.02 bits per heavy atom. The molecule has 0 unspecified atom stereocenters. The van der Waals surface area contributed by atoms with Crippen molar-refractivity contribution < 1.29 is 33.3 Å². The van der Waals surface area contributed by atoms with Crippen LogP contribution in [0.15, 0.2) is 5.11 Å². The van der Waals surface area contributed by atoms with Gasteiger partial charge >= 0.3 is 0 Å². The molecule has 0 rings (SSSR count). The van der Waals surface area contributed by atoms with Crippen LogP contribution in [0.5, 0.6) is 0 Å². The highest BCUT2D eigenvalue weighted by molar-refractivity contribution is 5.77. The summed E-state index contributed by atoms with van der Waals surface area (Å²) in [6.45, 7) is 5.09. The molecule has 2 amide bonds. The monoisotopic (exact) mass is 585 g/mol. The van der Waals surface area contributed by atoms with E-state index < -0.39 is 0 Å². The molecule has 0 aliphatic rings. The Morgan fingerprint density at radius 3 is 1.54 bits per heavy atom. The molecule has 0 aromatic rings. The molecule has 12 nitrogen and oxygen atoms in total. The highest BCUT2D eigenvalue weighted by atomic mass is 16.5. The smallest absolute Gasteiger partial charge is 0.246 e. The van der Waals surface area contributed by atoms with Gasteiger partial charge in [0.15, 0.2) is 5.78 Å². The maximum absolute atomic E-state index is 11.9. The largest absolute Gasteiger partial charge is 0.377 e. The van der Waals surface area contributed by atoms with E-state index in [0.717, 1.165) is 25.7 Å². The Labute approximate surface area is 246 Å². The first-order valence-corrected chi connectivity index (χ1v) is 15.4. The van der Waals surface area contributed by atoms with Crippen LogP contribution in [0, 0.1) is 0 Å². The number of carbonyl (C=O) groups is 3. The highest BCUT2D eigenvalue weighted by Crippen LogP contribution is 2.13. The van der Waals surface area contributed by atoms with Gasteiger partial charge in [-0.05, 0) is 25.3 Å². The predicted octanol–water partition coefficient (Wildman–Crippen LogP) is 4.65. The van der Waals surface area contributed by atoms with Crippen LogP contribution in [-0.4, -0.2) is 90.1 Å². The number of Topliss-reactive ketones (excluding diaryl/α,β-unsaturated/α-hetero) is 1. The van der Waals surface area contributed by atoms with Crippen LogP contribution in [-0.2, 0) is 33.3 Å². The van der Waals surface area contributed by atoms with Crippen LogP contribution in [0.1, 0.15) is 96.8 Å². The third kappa shape index (κ3) is 33.9. The van der Waals surface area contributed by atoms with Crippen molar-refractivity contribution in [1.29, 1.82) is 0 Å². The number of rotatable bonds is 32. The van der Waals surface area contributed by atoms with Crippen LogP contribution >= 0.6 is 0 Å². The molecule has 0 aliphatic carbocycles. The molecule has 0 aliphatic heterocycles. The number of ether oxygens (including phenoxy) is 4. The van der Waals surface area contributed by atoms with Gasteiger partial charge in [-0.1, -0.05) is 75.7 Å². The topological polar surface area (TPSA) is 161 Å². The Morgan fingerprint density at radius 1 is 0.585 bits per heavy atom. The van der Waals surface area contributed by atoms with E-state index in [1.165, 1.54) is 64.7 Å². The first-order chi connectivity index (χ1) is 20.1. The zero-order valence-electron chi connectivity index (χ0n) is 25.4. The maximum atomic E-state index is 11.9. The zero-order valence-corrected chi connectivity index (χ0v) is 25.4. The van der Waals surface area contributed by atoms with Crippen molar-refractivity contribution in [2.24, 2.45) is 5.11 Å². The Balaban J connectivity index is 3.26. The quantitative estimate of drug-likeness (QED) is 0.0503. The minimum Gasteiger partial charge on any atom is -0.377 e. The number of hydrogen-bond donors (Lipinski definition) is 2. The second kappa shape index (κ2) is 32.3. The van der Waals surface area contributed by atoms with E-state index in [2.05, 4.69) is 20.7 Å². The van der Waals surface area contributed by atoms with Gasteiger partial charge in [-0.2, -0.15) is 0 Å². The summed E-state index contributed by atoms with van der Waals surface area (Å²) in [5, 5.41) is 9.11. The lowest BCUT2D eigenvalue weighted by Gasteiger charge is -2.08. The minimum absolute atomic E-state index is 0.0282. The van der Waals surface area contributed by atoms with Gasteiger partial charge in [-0.3, -0.25) is 14.4 Å². The molecule has 0 aromatic heterocycles. The fraction of sp³-hybridized carbons (Fsp3) is 0.897. The van der Waals surface area contributed by atoms with E-state index in [9.17, 15) is 14.4 Å². The van der Waals surface area contributed by atoms with E-state index in [1.807, 2.05) is 0 Å². The Hall–Kier alpha value is -2.24. The molecular weight excluding hydrogens is 530 g/mol. The van der Waals surface area contributed by atoms with E-state index in [-0.39, 0.29) is 30.8 Å². The van der Waals surface area contributed by atoms with Crippen LogP contribution in [0.4, 0.5) is 0 Å². The number of carbonyl (C=O) groups excluding carboxylic acids is 3. The third-order valence-corrected chi connectivity index (χ3v) is 6.14. The van der Waals surface area contributed by atoms with Crippen molar-refractivity contribution in [1.82, 2.24) is 10.6 Å². The van der Waals surface area contributed by atoms with Crippen LogP contribution in [0.2, 0.25) is 0 Å². The third-order valence-electron chi connectivity index (χ3n) is 6.14. The van der Waals surface area contributed by atoms with Crippen molar-refractivity contribution >= 4 is 17.6 Å². The number of amides is 2. The summed E-state index contributed by atoms with van der Waals surface area (Å²) in [5.74, 6) is -0.195. The van der Waals surface area contributed by atoms with Crippen LogP contribution < -0.4 is 10.6 Å². The predicted molar refractivity (Wildman–Crippen MR) is 159 cm³/mol. The van der Waals surface area contributed by atoms with Crippen LogP contribution in [0.3, 0.4) is 0 Å². The van der Waals surface area contributed by atoms with Gasteiger partial charge < -0.3 is 29.6 Å². The number of nitrogens with one attached hydrogen (secondary N) is 2. The number of unbranched alkanes of at least 4 members (excludes halogenated alkanes) is 12. The highest BCUT2D eigenvalue weighted by Gasteiger charge is 2.03. The van der Waals surface area contributed by atoms with E-state index in [1.54, 1.807) is 0 Å². The number of azide groups is 1. The molecule has 0 bridgehead atoms. The van der Waals surface area contributed by atoms with E-state index in [0.29, 0.717) is 65.7 Å². The molecule has 0 saturated carbocycles. The standard InChI is InChI=1S/C29H55N5O7/c1-27(35)25-40-23-21-39-20-18-32-29(37)26-41-24-22-38-19-17-31-28(36)15-13-11-9-7-5-3-2-4-6-8-10-12-14-16-33-34-30/h2-26H2,1H3,(H,31,36)(H,32,37). The van der Waals surface area contributed by atoms with E-state index in [4.69, 9.17) is 24.5 Å². The van der Waals surface area contributed by atoms with Gasteiger partial charge in [0.2, 0.25) is 11.8 Å². The molecule has 2 N–H and O–H groups in total. The van der Waals surface area contributed by atoms with Gasteiger partial charge in [-0.25, -0.2) is 0 Å². The molecule has 0 aromatic carbocycles. The second-order valence-electron chi connectivity index (χ2n) is 10.0. The summed E-state index contributed by atoms with van der Waals surface area (Å²) in [6.07, 6.45) is 16.2. The first kappa shape index (κ1) is 38.8. The molecule has 41 heavy (non-hydrogen) atoms. The van der Waals surface area contributed by atoms with Crippen LogP contribution in [0.25, 0.3) is 10.4 Å². The van der Waals surface area contributed by atoms with Crippen molar-refractivity contribution in [2.75, 3.05) is 72.5 Å². The normalized spacial score (nSPS) is 10.8. The van der Waals surface area contributed by atoms with Crippen molar-refractivity contribution in [3.8, 4) is 0 Å². The number of ketones is 1. The van der Waals surface area contributed by atoms with E-state index >= 15 is 0 Å². The lowest BCUT2D eigenvalue weighted by Crippen LogP contribution is -2.31. The van der Waals surface area contributed by atoms with Crippen molar-refractivity contribution in [3.63, 3.8) is 0 Å². The summed E-state index contributed by atoms with van der Waals surface area (Å²) in [5.41, 5.74) is 8.22. The summed E-state index contributed by atoms with van der Waals surface area (Å²) in [6, 6.07) is 0. The summed E-state index contributed by atoms with van der Waals surface area (Å²) in [7, 11) is 0. The Kier molecular flexibility index (Phi) is 30.5. The van der Waals surface area contributed by atoms with Gasteiger partial charge in [0.05, 0.1) is 39.6 Å². The lowest BCUT2D eigenvalue weighted by molar-refractivity contribution is -0.127. The average Bonchev–Trinajstić information content (AvgIpc) is 2.95. The van der Waals surface area contributed by atoms with Gasteiger partial charge in [0.1, 0.15) is 13.2 Å². The lowest BCUT2D eigenvalue weighted by atomic mass is 10.0. The minimum atomic E-state index is -0.229. The molecule has 12 heteroatoms. The van der Waals surface area contributed by atoms with Crippen molar-refractivity contribution in [2.45, 2.75) is 96.8 Å². The number of nitrogens with zero attached hydrogens (tertiary/aromatic N) is 3. The molecule has 0 radical (unpaired) electrons. The fourth-order valence-electron chi connectivity index (χ4n) is 3.94. The second-order valence-corrected chi connectivity index (χ2v) is 10.0. The molecular formula is C29H55N5O7. The molecule has 0 spiro atoms. The molecule has 0 saturated heterocycles. The molecule has 0 heterocycles. The van der Waals surface area contributed by atoms with Crippen molar-refractivity contribution in [3.05, 3.63) is 10.4 Å². The van der Waals surface area contributed by atoms with Gasteiger partial charge in [0, 0.05) is 31.0 Å². The Bertz CT molecular complexity index is 690. The summed E-state index contributed by atoms with van der Waals surface area (Å²) < 4.78 is 21.0. The summed E-state index contributed by atoms with van der Waals surface area (Å²) in [4.78, 5) is 37.1.